The first-order valence-electron chi connectivity index (χ1n) is 12.2. The standard InChI is InChI=1S/C26H39NO8/c1-6-8-22(29)34-19-12-11-18(14-20(19)35-23(30)9-7-2)24(25(27)26(31)32)17(5)15-33-21(28)13-10-16(3)4/h11-12,14,16-17,24-25H,6-10,13,15,27H2,1-5H3,(H,31,32)/t17?,24?,25-/m0/s1. The molecule has 0 aliphatic heterocycles. The molecule has 1 aromatic rings. The highest BCUT2D eigenvalue weighted by Crippen LogP contribution is 2.36. The van der Waals surface area contributed by atoms with Crippen LogP contribution < -0.4 is 15.2 Å². The number of aliphatic carboxylic acids is 1. The van der Waals surface area contributed by atoms with Gasteiger partial charge in [-0.05, 0) is 48.8 Å². The first-order valence-corrected chi connectivity index (χ1v) is 12.2. The smallest absolute Gasteiger partial charge is 0.321 e. The van der Waals surface area contributed by atoms with Crippen LogP contribution in [0.1, 0.15) is 84.6 Å². The average molecular weight is 494 g/mol. The molecule has 3 atom stereocenters. The third kappa shape index (κ3) is 10.5. The lowest BCUT2D eigenvalue weighted by Crippen LogP contribution is -2.40. The molecule has 0 radical (unpaired) electrons. The van der Waals surface area contributed by atoms with Gasteiger partial charge < -0.3 is 25.1 Å². The number of benzene rings is 1. The van der Waals surface area contributed by atoms with E-state index in [9.17, 15) is 24.3 Å². The topological polar surface area (TPSA) is 142 Å². The Morgan fingerprint density at radius 3 is 1.97 bits per heavy atom. The van der Waals surface area contributed by atoms with Gasteiger partial charge in [0.1, 0.15) is 6.04 Å². The van der Waals surface area contributed by atoms with Gasteiger partial charge in [0.25, 0.3) is 0 Å². The Kier molecular flexibility index (Phi) is 13.0. The molecule has 0 fully saturated rings. The summed E-state index contributed by atoms with van der Waals surface area (Å²) < 4.78 is 16.2. The lowest BCUT2D eigenvalue weighted by molar-refractivity contribution is -0.145. The van der Waals surface area contributed by atoms with Gasteiger partial charge in [-0.15, -0.1) is 0 Å². The van der Waals surface area contributed by atoms with Crippen molar-refractivity contribution in [2.24, 2.45) is 17.6 Å². The van der Waals surface area contributed by atoms with Crippen molar-refractivity contribution in [3.05, 3.63) is 23.8 Å². The zero-order valence-corrected chi connectivity index (χ0v) is 21.4. The van der Waals surface area contributed by atoms with Gasteiger partial charge in [0, 0.05) is 25.2 Å². The quantitative estimate of drug-likeness (QED) is 0.271. The number of carboxylic acid groups (broad SMARTS) is 1. The summed E-state index contributed by atoms with van der Waals surface area (Å²) in [6, 6.07) is 3.19. The fraction of sp³-hybridized carbons (Fsp3) is 0.615. The SMILES string of the molecule is CCCC(=O)Oc1ccc(C(C(C)COC(=O)CCC(C)C)[C@H](N)C(=O)O)cc1OC(=O)CCC. The average Bonchev–Trinajstić information content (AvgIpc) is 2.78. The van der Waals surface area contributed by atoms with Crippen molar-refractivity contribution >= 4 is 23.9 Å². The molecule has 3 N–H and O–H groups in total. The Balaban J connectivity index is 3.25. The van der Waals surface area contributed by atoms with E-state index in [-0.39, 0.29) is 43.3 Å². The maximum Gasteiger partial charge on any atom is 0.321 e. The number of carbonyl (C=O) groups is 4. The molecule has 0 aliphatic rings. The van der Waals surface area contributed by atoms with E-state index >= 15 is 0 Å². The Labute approximate surface area is 207 Å². The van der Waals surface area contributed by atoms with Crippen LogP contribution in [0.3, 0.4) is 0 Å². The van der Waals surface area contributed by atoms with Crippen LogP contribution in [-0.2, 0) is 23.9 Å². The van der Waals surface area contributed by atoms with E-state index in [1.807, 2.05) is 27.7 Å². The van der Waals surface area contributed by atoms with Crippen LogP contribution in [0, 0.1) is 11.8 Å². The zero-order chi connectivity index (χ0) is 26.5. The molecule has 35 heavy (non-hydrogen) atoms. The monoisotopic (exact) mass is 493 g/mol. The summed E-state index contributed by atoms with van der Waals surface area (Å²) in [6.07, 6.45) is 2.47. The van der Waals surface area contributed by atoms with E-state index in [1.165, 1.54) is 12.1 Å². The molecule has 1 rings (SSSR count). The molecule has 0 saturated heterocycles. The fourth-order valence-electron chi connectivity index (χ4n) is 3.50. The van der Waals surface area contributed by atoms with Crippen LogP contribution in [-0.4, -0.2) is 41.6 Å². The van der Waals surface area contributed by atoms with Crippen molar-refractivity contribution in [1.29, 1.82) is 0 Å². The summed E-state index contributed by atoms with van der Waals surface area (Å²) in [6.45, 7) is 9.38. The molecule has 0 bridgehead atoms. The molecular weight excluding hydrogens is 454 g/mol. The lowest BCUT2D eigenvalue weighted by atomic mass is 9.82. The van der Waals surface area contributed by atoms with Crippen molar-refractivity contribution in [2.75, 3.05) is 6.61 Å². The number of esters is 3. The molecule has 0 heterocycles. The third-order valence-corrected chi connectivity index (χ3v) is 5.43. The molecule has 0 saturated carbocycles. The van der Waals surface area contributed by atoms with Crippen LogP contribution in [0.15, 0.2) is 18.2 Å². The molecule has 0 aliphatic carbocycles. The molecule has 1 aromatic carbocycles. The molecule has 0 amide bonds. The van der Waals surface area contributed by atoms with Crippen LogP contribution in [0.25, 0.3) is 0 Å². The first-order chi connectivity index (χ1) is 16.5. The Hall–Kier alpha value is -2.94. The molecule has 2 unspecified atom stereocenters. The van der Waals surface area contributed by atoms with Gasteiger partial charge in [0.2, 0.25) is 0 Å². The van der Waals surface area contributed by atoms with Gasteiger partial charge in [0.05, 0.1) is 6.61 Å². The third-order valence-electron chi connectivity index (χ3n) is 5.43. The van der Waals surface area contributed by atoms with Gasteiger partial charge in [-0.3, -0.25) is 19.2 Å². The number of carbonyl (C=O) groups excluding carboxylic acids is 3. The number of hydrogen-bond acceptors (Lipinski definition) is 8. The van der Waals surface area contributed by atoms with Crippen molar-refractivity contribution in [1.82, 2.24) is 0 Å². The van der Waals surface area contributed by atoms with Gasteiger partial charge in [-0.2, -0.15) is 0 Å². The van der Waals surface area contributed by atoms with Crippen LogP contribution in [0.5, 0.6) is 11.5 Å². The van der Waals surface area contributed by atoms with E-state index < -0.39 is 35.8 Å². The van der Waals surface area contributed by atoms with Gasteiger partial charge in [-0.25, -0.2) is 0 Å². The van der Waals surface area contributed by atoms with Crippen molar-refractivity contribution in [3.63, 3.8) is 0 Å². The lowest BCUT2D eigenvalue weighted by Gasteiger charge is -2.28. The van der Waals surface area contributed by atoms with Crippen LogP contribution >= 0.6 is 0 Å². The predicted octanol–water partition coefficient (Wildman–Crippen LogP) is 4.21. The van der Waals surface area contributed by atoms with Crippen molar-refractivity contribution < 1.29 is 38.5 Å². The maximum atomic E-state index is 12.2. The predicted molar refractivity (Wildman–Crippen MR) is 130 cm³/mol. The minimum atomic E-state index is -1.31. The number of nitrogens with two attached hydrogens (primary N) is 1. The summed E-state index contributed by atoms with van der Waals surface area (Å²) >= 11 is 0. The van der Waals surface area contributed by atoms with Gasteiger partial charge in [-0.1, -0.05) is 40.7 Å². The van der Waals surface area contributed by atoms with Crippen LogP contribution in [0.2, 0.25) is 0 Å². The summed E-state index contributed by atoms with van der Waals surface area (Å²) in [4.78, 5) is 48.1. The van der Waals surface area contributed by atoms with Crippen molar-refractivity contribution in [2.45, 2.75) is 85.1 Å². The minimum Gasteiger partial charge on any atom is -0.480 e. The molecule has 0 aromatic heterocycles. The van der Waals surface area contributed by atoms with E-state index in [0.717, 1.165) is 0 Å². The van der Waals surface area contributed by atoms with Gasteiger partial charge >= 0.3 is 23.9 Å². The van der Waals surface area contributed by atoms with E-state index in [2.05, 4.69) is 0 Å². The first kappa shape index (κ1) is 30.1. The van der Waals surface area contributed by atoms with E-state index in [1.54, 1.807) is 13.0 Å². The maximum absolute atomic E-state index is 12.2. The molecular formula is C26H39NO8. The second-order valence-corrected chi connectivity index (χ2v) is 9.14. The number of ether oxygens (including phenoxy) is 3. The summed E-state index contributed by atoms with van der Waals surface area (Å²) in [7, 11) is 0. The second kappa shape index (κ2) is 15.1. The van der Waals surface area contributed by atoms with Gasteiger partial charge in [0.15, 0.2) is 11.5 Å². The Morgan fingerprint density at radius 1 is 0.886 bits per heavy atom. The Morgan fingerprint density at radius 2 is 1.46 bits per heavy atom. The molecule has 0 spiro atoms. The van der Waals surface area contributed by atoms with E-state index in [4.69, 9.17) is 19.9 Å². The van der Waals surface area contributed by atoms with Crippen molar-refractivity contribution in [3.8, 4) is 11.5 Å². The molecule has 9 heteroatoms. The highest BCUT2D eigenvalue weighted by molar-refractivity contribution is 5.77. The molecule has 9 nitrogen and oxygen atoms in total. The van der Waals surface area contributed by atoms with E-state index in [0.29, 0.717) is 30.7 Å². The Bertz CT molecular complexity index is 867. The summed E-state index contributed by atoms with van der Waals surface area (Å²) in [5.41, 5.74) is 6.48. The highest BCUT2D eigenvalue weighted by atomic mass is 16.6. The molecule has 196 valence electrons. The summed E-state index contributed by atoms with van der Waals surface area (Å²) in [5, 5.41) is 9.62. The highest BCUT2D eigenvalue weighted by Gasteiger charge is 2.32. The summed E-state index contributed by atoms with van der Waals surface area (Å²) in [5.74, 6) is -3.38. The number of carboxylic acids is 1. The minimum absolute atomic E-state index is 0.00844. The zero-order valence-electron chi connectivity index (χ0n) is 21.4. The fourth-order valence-corrected chi connectivity index (χ4v) is 3.50. The number of rotatable bonds is 15. The van der Waals surface area contributed by atoms with Crippen LogP contribution in [0.4, 0.5) is 0 Å². The second-order valence-electron chi connectivity index (χ2n) is 9.14. The largest absolute Gasteiger partial charge is 0.480 e. The number of hydrogen-bond donors (Lipinski definition) is 2. The normalized spacial score (nSPS) is 13.6.